The van der Waals surface area contributed by atoms with Gasteiger partial charge in [0.15, 0.2) is 11.6 Å². The average Bonchev–Trinajstić information content (AvgIpc) is 3.17. The Balaban J connectivity index is 1.43. The Morgan fingerprint density at radius 2 is 1.91 bits per heavy atom. The number of nitrogens with zero attached hydrogens (tertiary/aromatic N) is 6. The van der Waals surface area contributed by atoms with Crippen LogP contribution in [0.4, 0.5) is 26.2 Å². The molecule has 5 rings (SSSR count). The second-order valence-electron chi connectivity index (χ2n) is 9.11. The topological polar surface area (TPSA) is 92.0 Å². The number of halogens is 2. The van der Waals surface area contributed by atoms with Crippen molar-refractivity contribution in [3.63, 3.8) is 0 Å². The summed E-state index contributed by atoms with van der Waals surface area (Å²) in [6.07, 6.45) is 4.17. The highest BCUT2D eigenvalue weighted by Gasteiger charge is 2.20. The zero-order valence-corrected chi connectivity index (χ0v) is 19.8. The van der Waals surface area contributed by atoms with Crippen LogP contribution in [0.2, 0.25) is 0 Å². The molecule has 1 aliphatic heterocycles. The Bertz CT molecular complexity index is 1370. The molecule has 35 heavy (non-hydrogen) atoms. The Morgan fingerprint density at radius 3 is 2.63 bits per heavy atom. The van der Waals surface area contributed by atoms with E-state index in [1.54, 1.807) is 18.3 Å². The molecule has 10 heteroatoms. The molecule has 0 amide bonds. The number of aliphatic hydroxyl groups is 1. The molecule has 3 aromatic heterocycles. The highest BCUT2D eigenvalue weighted by atomic mass is 19.1. The molecule has 182 valence electrons. The first-order valence-corrected chi connectivity index (χ1v) is 11.7. The lowest BCUT2D eigenvalue weighted by Gasteiger charge is -2.31. The molecule has 2 N–H and O–H groups in total. The summed E-state index contributed by atoms with van der Waals surface area (Å²) in [6.45, 7) is 7.23. The zero-order chi connectivity index (χ0) is 24.7. The van der Waals surface area contributed by atoms with Crippen LogP contribution in [0.1, 0.15) is 38.6 Å². The van der Waals surface area contributed by atoms with E-state index in [1.807, 2.05) is 31.4 Å². The maximum absolute atomic E-state index is 14.9. The van der Waals surface area contributed by atoms with Gasteiger partial charge in [-0.15, -0.1) is 0 Å². The van der Waals surface area contributed by atoms with E-state index >= 15 is 0 Å². The molecule has 1 saturated heterocycles. The molecule has 1 aliphatic rings. The third kappa shape index (κ3) is 4.53. The Hall–Kier alpha value is -3.66. The summed E-state index contributed by atoms with van der Waals surface area (Å²) >= 11 is 0. The summed E-state index contributed by atoms with van der Waals surface area (Å²) < 4.78 is 31.5. The second kappa shape index (κ2) is 9.18. The highest BCUT2D eigenvalue weighted by molar-refractivity contribution is 5.83. The first kappa shape index (κ1) is 23.1. The molecule has 1 atom stereocenters. The molecule has 1 fully saturated rings. The van der Waals surface area contributed by atoms with Crippen LogP contribution in [0.25, 0.3) is 22.3 Å². The predicted molar refractivity (Wildman–Crippen MR) is 131 cm³/mol. The lowest BCUT2D eigenvalue weighted by Crippen LogP contribution is -2.38. The summed E-state index contributed by atoms with van der Waals surface area (Å²) in [5, 5.41) is 12.9. The summed E-state index contributed by atoms with van der Waals surface area (Å²) in [6, 6.07) is 6.68. The van der Waals surface area contributed by atoms with Gasteiger partial charge in [-0.3, -0.25) is 0 Å². The summed E-state index contributed by atoms with van der Waals surface area (Å²) in [5.41, 5.74) is 2.03. The van der Waals surface area contributed by atoms with Crippen molar-refractivity contribution in [2.75, 3.05) is 23.3 Å². The van der Waals surface area contributed by atoms with Crippen LogP contribution < -0.4 is 10.2 Å². The molecule has 1 aromatic carbocycles. The molecule has 4 heterocycles. The van der Waals surface area contributed by atoms with Crippen LogP contribution in [0, 0.1) is 18.6 Å². The maximum Gasteiger partial charge on any atom is 0.229 e. The third-order valence-electron chi connectivity index (χ3n) is 6.21. The van der Waals surface area contributed by atoms with Gasteiger partial charge in [0.25, 0.3) is 0 Å². The molecule has 4 aromatic rings. The number of hydrogen-bond donors (Lipinski definition) is 2. The normalized spacial score (nSPS) is 16.3. The van der Waals surface area contributed by atoms with Gasteiger partial charge in [-0.1, -0.05) is 0 Å². The van der Waals surface area contributed by atoms with Crippen molar-refractivity contribution in [2.45, 2.75) is 45.8 Å². The van der Waals surface area contributed by atoms with Gasteiger partial charge in [-0.25, -0.2) is 28.7 Å². The zero-order valence-electron chi connectivity index (χ0n) is 19.8. The Labute approximate surface area is 201 Å². The Morgan fingerprint density at radius 1 is 1.09 bits per heavy atom. The minimum absolute atomic E-state index is 0.0172. The number of aryl methyl sites for hydroxylation is 1. The van der Waals surface area contributed by atoms with Crippen LogP contribution in [0.15, 0.2) is 36.7 Å². The molecule has 0 spiro atoms. The largest absolute Gasteiger partial charge is 0.391 e. The number of anilines is 3. The summed E-state index contributed by atoms with van der Waals surface area (Å²) in [5.74, 6) is 0.120. The van der Waals surface area contributed by atoms with E-state index in [0.29, 0.717) is 29.3 Å². The van der Waals surface area contributed by atoms with Gasteiger partial charge in [0, 0.05) is 24.7 Å². The van der Waals surface area contributed by atoms with Crippen LogP contribution >= 0.6 is 0 Å². The second-order valence-corrected chi connectivity index (χ2v) is 9.11. The number of imidazole rings is 1. The number of piperidine rings is 1. The van der Waals surface area contributed by atoms with E-state index in [0.717, 1.165) is 31.3 Å². The first-order chi connectivity index (χ1) is 16.8. The quantitative estimate of drug-likeness (QED) is 0.426. The molecule has 0 unspecified atom stereocenters. The van der Waals surface area contributed by atoms with E-state index in [9.17, 15) is 13.9 Å². The minimum Gasteiger partial charge on any atom is -0.391 e. The summed E-state index contributed by atoms with van der Waals surface area (Å²) in [7, 11) is 0. The molecular formula is C25H27F2N7O. The van der Waals surface area contributed by atoms with E-state index in [4.69, 9.17) is 0 Å². The SMILES string of the molecule is Cc1nc2c(F)cc(-c3nc(Nc4ccc(N5CCC[C@@H](O)C5)cn4)ncc3F)cc2n1C(C)C. The molecule has 0 saturated carbocycles. The van der Waals surface area contributed by atoms with Crippen molar-refractivity contribution in [1.82, 2.24) is 24.5 Å². The fraction of sp³-hybridized carbons (Fsp3) is 0.360. The van der Waals surface area contributed by atoms with Crippen molar-refractivity contribution in [1.29, 1.82) is 0 Å². The van der Waals surface area contributed by atoms with Gasteiger partial charge in [0.1, 0.15) is 22.9 Å². The van der Waals surface area contributed by atoms with Gasteiger partial charge in [-0.05, 0) is 57.9 Å². The number of rotatable bonds is 5. The fourth-order valence-electron chi connectivity index (χ4n) is 4.64. The number of nitrogens with one attached hydrogen (secondary N) is 1. The van der Waals surface area contributed by atoms with E-state index in [2.05, 4.69) is 30.2 Å². The van der Waals surface area contributed by atoms with Crippen LogP contribution in [0.5, 0.6) is 0 Å². The third-order valence-corrected chi connectivity index (χ3v) is 6.21. The number of β-amino-alcohol motifs (C(OH)–C–C–N with tert-alkyl or cyclic N) is 1. The lowest BCUT2D eigenvalue weighted by molar-refractivity contribution is 0.154. The average molecular weight is 480 g/mol. The highest BCUT2D eigenvalue weighted by Crippen LogP contribution is 2.30. The van der Waals surface area contributed by atoms with Crippen molar-refractivity contribution >= 4 is 28.5 Å². The van der Waals surface area contributed by atoms with Crippen LogP contribution in [-0.2, 0) is 0 Å². The number of aliphatic hydroxyl groups excluding tert-OH is 1. The predicted octanol–water partition coefficient (Wildman–Crippen LogP) is 4.76. The maximum atomic E-state index is 14.9. The van der Waals surface area contributed by atoms with Gasteiger partial charge < -0.3 is 19.9 Å². The first-order valence-electron chi connectivity index (χ1n) is 11.7. The van der Waals surface area contributed by atoms with Gasteiger partial charge in [-0.2, -0.15) is 0 Å². The molecule has 0 radical (unpaired) electrons. The van der Waals surface area contributed by atoms with Crippen molar-refractivity contribution in [2.24, 2.45) is 0 Å². The van der Waals surface area contributed by atoms with Crippen molar-refractivity contribution in [3.05, 3.63) is 54.1 Å². The Kier molecular flexibility index (Phi) is 6.06. The van der Waals surface area contributed by atoms with E-state index in [1.165, 1.54) is 6.07 Å². The number of fused-ring (bicyclic) bond motifs is 1. The summed E-state index contributed by atoms with van der Waals surface area (Å²) in [4.78, 5) is 19.2. The molecule has 0 aliphatic carbocycles. The molecule has 0 bridgehead atoms. The van der Waals surface area contributed by atoms with Crippen LogP contribution in [-0.4, -0.2) is 48.8 Å². The van der Waals surface area contributed by atoms with Crippen molar-refractivity contribution in [3.8, 4) is 11.3 Å². The monoisotopic (exact) mass is 479 g/mol. The molecular weight excluding hydrogens is 452 g/mol. The number of benzene rings is 1. The minimum atomic E-state index is -0.659. The van der Waals surface area contributed by atoms with Gasteiger partial charge >= 0.3 is 0 Å². The standard InChI is InChI=1S/C25H27F2N7O/c1-14(2)34-15(3)30-24-19(26)9-16(10-21(24)34)23-20(27)12-29-25(32-23)31-22-7-6-17(11-28-22)33-8-4-5-18(35)13-33/h6-7,9-12,14,18,35H,4-5,8,13H2,1-3H3,(H,28,29,31,32)/t18-/m1/s1. The van der Waals surface area contributed by atoms with Gasteiger partial charge in [0.2, 0.25) is 5.95 Å². The smallest absolute Gasteiger partial charge is 0.229 e. The van der Waals surface area contributed by atoms with Crippen molar-refractivity contribution < 1.29 is 13.9 Å². The van der Waals surface area contributed by atoms with Crippen LogP contribution in [0.3, 0.4) is 0 Å². The number of hydrogen-bond acceptors (Lipinski definition) is 7. The van der Waals surface area contributed by atoms with E-state index < -0.39 is 11.6 Å². The number of aromatic nitrogens is 5. The fourth-order valence-corrected chi connectivity index (χ4v) is 4.64. The van der Waals surface area contributed by atoms with E-state index in [-0.39, 0.29) is 29.3 Å². The molecule has 8 nitrogen and oxygen atoms in total. The number of pyridine rings is 1. The van der Waals surface area contributed by atoms with Gasteiger partial charge in [0.05, 0.1) is 29.7 Å². The lowest BCUT2D eigenvalue weighted by atomic mass is 10.1.